The summed E-state index contributed by atoms with van der Waals surface area (Å²) in [4.78, 5) is 21.8. The second-order valence-corrected chi connectivity index (χ2v) is 4.86. The predicted molar refractivity (Wildman–Crippen MR) is 77.5 cm³/mol. The molecule has 19 heavy (non-hydrogen) atoms. The lowest BCUT2D eigenvalue weighted by atomic mass is 10.1. The van der Waals surface area contributed by atoms with E-state index in [2.05, 4.69) is 15.3 Å². The summed E-state index contributed by atoms with van der Waals surface area (Å²) < 4.78 is 0. The van der Waals surface area contributed by atoms with E-state index >= 15 is 0 Å². The van der Waals surface area contributed by atoms with E-state index < -0.39 is 0 Å². The summed E-state index contributed by atoms with van der Waals surface area (Å²) in [6.45, 7) is 9.58. The molecule has 0 aliphatic carbocycles. The predicted octanol–water partition coefficient (Wildman–Crippen LogP) is 2.53. The third-order valence-electron chi connectivity index (χ3n) is 2.94. The van der Waals surface area contributed by atoms with Gasteiger partial charge in [0.2, 0.25) is 5.91 Å². The van der Waals surface area contributed by atoms with Gasteiger partial charge in [-0.1, -0.05) is 25.4 Å². The minimum atomic E-state index is 0.0504. The molecule has 0 saturated heterocycles. The maximum Gasteiger partial charge on any atom is 0.241 e. The van der Waals surface area contributed by atoms with Crippen LogP contribution in [0.2, 0.25) is 5.15 Å². The molecule has 0 atom stereocenters. The van der Waals surface area contributed by atoms with E-state index in [1.165, 1.54) is 6.33 Å². The Morgan fingerprint density at radius 3 is 2.53 bits per heavy atom. The van der Waals surface area contributed by atoms with Gasteiger partial charge in [-0.2, -0.15) is 0 Å². The minimum Gasteiger partial charge on any atom is -0.361 e. The Hall–Kier alpha value is -1.36. The second kappa shape index (κ2) is 7.28. The van der Waals surface area contributed by atoms with Crippen LogP contribution in [0.25, 0.3) is 0 Å². The third-order valence-corrected chi connectivity index (χ3v) is 3.24. The summed E-state index contributed by atoms with van der Waals surface area (Å²) in [5, 5.41) is 3.49. The molecule has 1 aromatic rings. The van der Waals surface area contributed by atoms with Gasteiger partial charge in [0.25, 0.3) is 0 Å². The molecule has 0 aliphatic heterocycles. The van der Waals surface area contributed by atoms with Crippen LogP contribution in [0.15, 0.2) is 6.33 Å². The summed E-state index contributed by atoms with van der Waals surface area (Å²) >= 11 is 6.07. The molecule has 6 heteroatoms. The first-order valence-corrected chi connectivity index (χ1v) is 6.91. The number of carbonyl (C=O) groups excluding carboxylic acids is 1. The third kappa shape index (κ3) is 4.06. The molecule has 1 rings (SSSR count). The van der Waals surface area contributed by atoms with Gasteiger partial charge in [0.1, 0.15) is 17.3 Å². The van der Waals surface area contributed by atoms with Crippen LogP contribution in [0.4, 0.5) is 5.82 Å². The highest BCUT2D eigenvalue weighted by atomic mass is 35.5. The highest BCUT2D eigenvalue weighted by Crippen LogP contribution is 2.27. The Balaban J connectivity index is 2.78. The molecule has 1 N–H and O–H groups in total. The van der Waals surface area contributed by atoms with E-state index in [0.717, 1.165) is 5.56 Å². The maximum atomic E-state index is 11.9. The number of amides is 1. The Bertz CT molecular complexity index is 433. The number of nitrogens with zero attached hydrogens (tertiary/aromatic N) is 3. The molecule has 0 spiro atoms. The maximum absolute atomic E-state index is 11.9. The number of aromatic nitrogens is 2. The largest absolute Gasteiger partial charge is 0.361 e. The number of rotatable bonds is 6. The van der Waals surface area contributed by atoms with Gasteiger partial charge in [-0.3, -0.25) is 4.79 Å². The zero-order valence-electron chi connectivity index (χ0n) is 11.9. The number of anilines is 1. The lowest BCUT2D eigenvalue weighted by Gasteiger charge is -2.20. The second-order valence-electron chi connectivity index (χ2n) is 4.50. The first kappa shape index (κ1) is 15.7. The van der Waals surface area contributed by atoms with Crippen molar-refractivity contribution in [2.24, 2.45) is 0 Å². The van der Waals surface area contributed by atoms with Gasteiger partial charge in [-0.25, -0.2) is 9.97 Å². The van der Waals surface area contributed by atoms with Crippen LogP contribution in [0, 0.1) is 0 Å². The quantitative estimate of drug-likeness (QED) is 0.816. The molecule has 0 unspecified atom stereocenters. The van der Waals surface area contributed by atoms with Crippen LogP contribution in [0.3, 0.4) is 0 Å². The van der Waals surface area contributed by atoms with Crippen molar-refractivity contribution in [3.8, 4) is 0 Å². The van der Waals surface area contributed by atoms with Gasteiger partial charge in [-0.15, -0.1) is 0 Å². The van der Waals surface area contributed by atoms with Crippen LogP contribution in [-0.2, 0) is 4.79 Å². The van der Waals surface area contributed by atoms with Crippen molar-refractivity contribution in [1.29, 1.82) is 0 Å². The smallest absolute Gasteiger partial charge is 0.241 e. The number of likely N-dealkylation sites (N-methyl/N-ethyl adjacent to an activating group) is 1. The zero-order valence-corrected chi connectivity index (χ0v) is 12.7. The Kier molecular flexibility index (Phi) is 6.02. The lowest BCUT2D eigenvalue weighted by Crippen LogP contribution is -2.35. The van der Waals surface area contributed by atoms with Gasteiger partial charge in [0.15, 0.2) is 0 Å². The topological polar surface area (TPSA) is 58.1 Å². The average Bonchev–Trinajstić information content (AvgIpc) is 2.37. The summed E-state index contributed by atoms with van der Waals surface area (Å²) in [6, 6.07) is 0. The normalized spacial score (nSPS) is 10.6. The van der Waals surface area contributed by atoms with E-state index in [1.54, 1.807) is 4.90 Å². The zero-order chi connectivity index (χ0) is 14.4. The Morgan fingerprint density at radius 1 is 1.37 bits per heavy atom. The first-order valence-electron chi connectivity index (χ1n) is 6.53. The van der Waals surface area contributed by atoms with Crippen molar-refractivity contribution in [1.82, 2.24) is 14.9 Å². The van der Waals surface area contributed by atoms with Crippen molar-refractivity contribution < 1.29 is 4.79 Å². The van der Waals surface area contributed by atoms with Gasteiger partial charge in [-0.05, 0) is 19.8 Å². The van der Waals surface area contributed by atoms with Gasteiger partial charge in [0.05, 0.1) is 6.54 Å². The highest BCUT2D eigenvalue weighted by Gasteiger charge is 2.15. The molecular weight excluding hydrogens is 264 g/mol. The first-order chi connectivity index (χ1) is 9.01. The van der Waals surface area contributed by atoms with Gasteiger partial charge in [0, 0.05) is 18.7 Å². The monoisotopic (exact) mass is 284 g/mol. The van der Waals surface area contributed by atoms with Crippen molar-refractivity contribution in [3.05, 3.63) is 17.0 Å². The number of hydrogen-bond acceptors (Lipinski definition) is 4. The Labute approximate surface area is 119 Å². The van der Waals surface area contributed by atoms with Crippen LogP contribution in [0.1, 0.15) is 39.2 Å². The molecule has 0 aliphatic rings. The van der Waals surface area contributed by atoms with Crippen molar-refractivity contribution >= 4 is 23.3 Å². The van der Waals surface area contributed by atoms with E-state index in [4.69, 9.17) is 11.6 Å². The van der Waals surface area contributed by atoms with Crippen molar-refractivity contribution in [3.63, 3.8) is 0 Å². The molecule has 0 fully saturated rings. The van der Waals surface area contributed by atoms with Crippen molar-refractivity contribution in [2.75, 3.05) is 25.0 Å². The van der Waals surface area contributed by atoms with Gasteiger partial charge >= 0.3 is 0 Å². The number of hydrogen-bond donors (Lipinski definition) is 1. The van der Waals surface area contributed by atoms with Gasteiger partial charge < -0.3 is 10.2 Å². The Morgan fingerprint density at radius 2 is 2.00 bits per heavy atom. The molecule has 1 amide bonds. The summed E-state index contributed by atoms with van der Waals surface area (Å²) in [6.07, 6.45) is 1.40. The summed E-state index contributed by atoms with van der Waals surface area (Å²) in [7, 11) is 0. The van der Waals surface area contributed by atoms with E-state index in [9.17, 15) is 4.79 Å². The van der Waals surface area contributed by atoms with E-state index in [0.29, 0.717) is 24.1 Å². The minimum absolute atomic E-state index is 0.0504. The van der Waals surface area contributed by atoms with Crippen molar-refractivity contribution in [2.45, 2.75) is 33.6 Å². The fourth-order valence-corrected chi connectivity index (χ4v) is 2.23. The number of halogens is 1. The lowest BCUT2D eigenvalue weighted by molar-refractivity contribution is -0.128. The summed E-state index contributed by atoms with van der Waals surface area (Å²) in [5.74, 6) is 0.879. The number of nitrogens with one attached hydrogen (secondary N) is 1. The van der Waals surface area contributed by atoms with Crippen LogP contribution in [0.5, 0.6) is 0 Å². The van der Waals surface area contributed by atoms with E-state index in [1.807, 2.05) is 27.7 Å². The molecule has 1 aromatic heterocycles. The molecular formula is C13H21ClN4O. The average molecular weight is 285 g/mol. The SMILES string of the molecule is CCN(CC)C(=O)CNc1ncnc(Cl)c1C(C)C. The molecule has 106 valence electrons. The summed E-state index contributed by atoms with van der Waals surface area (Å²) in [5.41, 5.74) is 0.844. The van der Waals surface area contributed by atoms with Crippen LogP contribution < -0.4 is 5.32 Å². The molecule has 0 radical (unpaired) electrons. The molecule has 5 nitrogen and oxygen atoms in total. The highest BCUT2D eigenvalue weighted by molar-refractivity contribution is 6.30. The molecule has 0 aromatic carbocycles. The van der Waals surface area contributed by atoms with Crippen LogP contribution in [-0.4, -0.2) is 40.4 Å². The molecule has 0 saturated carbocycles. The standard InChI is InChI=1S/C13H21ClN4O/c1-5-18(6-2)10(19)7-15-13-11(9(3)4)12(14)16-8-17-13/h8-9H,5-7H2,1-4H3,(H,15,16,17). The molecule has 0 bridgehead atoms. The molecule has 1 heterocycles. The fourth-order valence-electron chi connectivity index (χ4n) is 1.87. The fraction of sp³-hybridized carbons (Fsp3) is 0.615. The van der Waals surface area contributed by atoms with E-state index in [-0.39, 0.29) is 18.4 Å². The van der Waals surface area contributed by atoms with Crippen LogP contribution >= 0.6 is 11.6 Å². The number of carbonyl (C=O) groups is 1.